The van der Waals surface area contributed by atoms with Crippen LogP contribution in [-0.2, 0) is 6.61 Å². The number of rotatable bonds is 6. The van der Waals surface area contributed by atoms with Crippen LogP contribution in [-0.4, -0.2) is 30.1 Å². The largest absolute Gasteiger partial charge is 0.487 e. The average molecular weight is 501 g/mol. The molecular formula is C29H20N6OS. The van der Waals surface area contributed by atoms with Gasteiger partial charge in [-0.2, -0.15) is 5.10 Å². The first-order valence-corrected chi connectivity index (χ1v) is 12.7. The molecule has 37 heavy (non-hydrogen) atoms. The number of hydrogen-bond acceptors (Lipinski definition) is 6. The highest BCUT2D eigenvalue weighted by molar-refractivity contribution is 7.13. The molecule has 0 radical (unpaired) electrons. The maximum absolute atomic E-state index is 5.98. The zero-order chi connectivity index (χ0) is 24.6. The summed E-state index contributed by atoms with van der Waals surface area (Å²) in [7, 11) is 0. The quantitative estimate of drug-likeness (QED) is 0.260. The predicted octanol–water partition coefficient (Wildman–Crippen LogP) is 6.87. The van der Waals surface area contributed by atoms with Gasteiger partial charge in [0.1, 0.15) is 18.1 Å². The number of nitrogens with zero attached hydrogens (tertiary/aromatic N) is 4. The van der Waals surface area contributed by atoms with Gasteiger partial charge in [0.15, 0.2) is 5.65 Å². The molecule has 0 unspecified atom stereocenters. The van der Waals surface area contributed by atoms with Gasteiger partial charge in [-0.05, 0) is 41.3 Å². The normalized spacial score (nSPS) is 11.4. The van der Waals surface area contributed by atoms with Crippen molar-refractivity contribution < 1.29 is 4.74 Å². The van der Waals surface area contributed by atoms with Gasteiger partial charge < -0.3 is 9.72 Å². The molecule has 0 saturated heterocycles. The Hall–Kier alpha value is -4.82. The van der Waals surface area contributed by atoms with E-state index < -0.39 is 0 Å². The molecule has 178 valence electrons. The molecule has 0 saturated carbocycles. The molecule has 0 amide bonds. The number of fused-ring (bicyclic) bond motifs is 2. The molecule has 8 heteroatoms. The van der Waals surface area contributed by atoms with E-state index in [4.69, 9.17) is 4.74 Å². The van der Waals surface area contributed by atoms with Gasteiger partial charge in [-0.25, -0.2) is 4.98 Å². The molecule has 7 nitrogen and oxygen atoms in total. The second-order valence-electron chi connectivity index (χ2n) is 8.66. The molecule has 6 aromatic heterocycles. The van der Waals surface area contributed by atoms with E-state index in [2.05, 4.69) is 53.7 Å². The van der Waals surface area contributed by atoms with Gasteiger partial charge in [-0.3, -0.25) is 15.1 Å². The number of hydrogen-bond donors (Lipinski definition) is 2. The zero-order valence-electron chi connectivity index (χ0n) is 19.6. The summed E-state index contributed by atoms with van der Waals surface area (Å²) in [5.41, 5.74) is 7.38. The summed E-state index contributed by atoms with van der Waals surface area (Å²) in [4.78, 5) is 18.3. The van der Waals surface area contributed by atoms with Crippen LogP contribution in [0.25, 0.3) is 55.0 Å². The summed E-state index contributed by atoms with van der Waals surface area (Å²) in [5, 5.41) is 11.7. The highest BCUT2D eigenvalue weighted by Gasteiger charge is 2.16. The molecule has 0 atom stereocenters. The van der Waals surface area contributed by atoms with Gasteiger partial charge in [0.05, 0.1) is 22.5 Å². The fraction of sp³-hybridized carbons (Fsp3) is 0.0345. The smallest absolute Gasteiger partial charge is 0.155 e. The number of ether oxygens (including phenoxy) is 1. The Kier molecular flexibility index (Phi) is 5.22. The van der Waals surface area contributed by atoms with Crippen molar-refractivity contribution in [2.45, 2.75) is 6.61 Å². The molecular weight excluding hydrogens is 480 g/mol. The van der Waals surface area contributed by atoms with Crippen LogP contribution in [0.4, 0.5) is 0 Å². The molecule has 0 aliphatic rings. The van der Waals surface area contributed by atoms with Crippen molar-refractivity contribution in [3.05, 3.63) is 102 Å². The van der Waals surface area contributed by atoms with Crippen molar-refractivity contribution >= 4 is 33.3 Å². The Bertz CT molecular complexity index is 1840. The van der Waals surface area contributed by atoms with Crippen LogP contribution in [0.3, 0.4) is 0 Å². The van der Waals surface area contributed by atoms with Crippen molar-refractivity contribution in [3.8, 4) is 38.8 Å². The Balaban J connectivity index is 1.24. The van der Waals surface area contributed by atoms with E-state index >= 15 is 0 Å². The minimum atomic E-state index is 0.484. The lowest BCUT2D eigenvalue weighted by atomic mass is 10.1. The molecule has 2 N–H and O–H groups in total. The highest BCUT2D eigenvalue weighted by atomic mass is 32.1. The van der Waals surface area contributed by atoms with Gasteiger partial charge in [0.2, 0.25) is 0 Å². The van der Waals surface area contributed by atoms with Crippen molar-refractivity contribution in [1.29, 1.82) is 0 Å². The number of aromatic nitrogens is 6. The topological polar surface area (TPSA) is 92.4 Å². The number of thiophene rings is 1. The summed E-state index contributed by atoms with van der Waals surface area (Å²) in [5.74, 6) is 0.707. The number of H-pyrrole nitrogens is 2. The molecule has 0 fully saturated rings. The van der Waals surface area contributed by atoms with Crippen LogP contribution >= 0.6 is 11.3 Å². The van der Waals surface area contributed by atoms with E-state index in [9.17, 15) is 0 Å². The molecule has 0 aliphatic heterocycles. The summed E-state index contributed by atoms with van der Waals surface area (Å²) >= 11 is 1.68. The first kappa shape index (κ1) is 21.5. The molecule has 0 aliphatic carbocycles. The van der Waals surface area contributed by atoms with Crippen LogP contribution in [0.5, 0.6) is 5.75 Å². The third-order valence-electron chi connectivity index (χ3n) is 6.27. The van der Waals surface area contributed by atoms with Crippen LogP contribution in [0.1, 0.15) is 5.56 Å². The SMILES string of the molecule is c1ccc(COc2cncc(-c3cnc4[nH]nc(-c5cc6c(-c7cccs7)nccc6[nH]5)c4c3)c2)cc1. The number of aromatic amines is 2. The van der Waals surface area contributed by atoms with Crippen molar-refractivity contribution in [2.24, 2.45) is 0 Å². The minimum absolute atomic E-state index is 0.484. The van der Waals surface area contributed by atoms with Crippen LogP contribution in [0.15, 0.2) is 96.9 Å². The molecule has 1 aromatic carbocycles. The summed E-state index contributed by atoms with van der Waals surface area (Å²) in [6.07, 6.45) is 7.21. The second-order valence-corrected chi connectivity index (χ2v) is 9.60. The zero-order valence-corrected chi connectivity index (χ0v) is 20.4. The number of pyridine rings is 3. The molecule has 6 heterocycles. The summed E-state index contributed by atoms with van der Waals surface area (Å²) in [6.45, 7) is 0.484. The van der Waals surface area contributed by atoms with Crippen LogP contribution < -0.4 is 4.74 Å². The Morgan fingerprint density at radius 1 is 0.811 bits per heavy atom. The highest BCUT2D eigenvalue weighted by Crippen LogP contribution is 2.35. The fourth-order valence-electron chi connectivity index (χ4n) is 4.45. The fourth-order valence-corrected chi connectivity index (χ4v) is 5.19. The Morgan fingerprint density at radius 2 is 1.73 bits per heavy atom. The Morgan fingerprint density at radius 3 is 2.62 bits per heavy atom. The van der Waals surface area contributed by atoms with E-state index in [1.807, 2.05) is 67.1 Å². The second kappa shape index (κ2) is 9.00. The third-order valence-corrected chi connectivity index (χ3v) is 7.15. The first-order chi connectivity index (χ1) is 18.3. The predicted molar refractivity (Wildman–Crippen MR) is 146 cm³/mol. The van der Waals surface area contributed by atoms with Gasteiger partial charge in [0, 0.05) is 46.0 Å². The van der Waals surface area contributed by atoms with Crippen molar-refractivity contribution in [2.75, 3.05) is 0 Å². The number of nitrogens with one attached hydrogen (secondary N) is 2. The van der Waals surface area contributed by atoms with E-state index in [0.717, 1.165) is 60.6 Å². The average Bonchev–Trinajstić information content (AvgIpc) is 3.71. The first-order valence-electron chi connectivity index (χ1n) is 11.8. The van der Waals surface area contributed by atoms with Gasteiger partial charge in [-0.15, -0.1) is 11.3 Å². The van der Waals surface area contributed by atoms with Crippen molar-refractivity contribution in [1.82, 2.24) is 30.1 Å². The van der Waals surface area contributed by atoms with E-state index in [0.29, 0.717) is 12.4 Å². The van der Waals surface area contributed by atoms with E-state index in [-0.39, 0.29) is 0 Å². The molecule has 7 rings (SSSR count). The van der Waals surface area contributed by atoms with Gasteiger partial charge >= 0.3 is 0 Å². The third kappa shape index (κ3) is 4.03. The van der Waals surface area contributed by atoms with Gasteiger partial charge in [0.25, 0.3) is 0 Å². The molecule has 0 spiro atoms. The number of benzene rings is 1. The lowest BCUT2D eigenvalue weighted by Gasteiger charge is -2.08. The van der Waals surface area contributed by atoms with Crippen molar-refractivity contribution in [3.63, 3.8) is 0 Å². The summed E-state index contributed by atoms with van der Waals surface area (Å²) < 4.78 is 5.98. The maximum atomic E-state index is 5.98. The van der Waals surface area contributed by atoms with Crippen LogP contribution in [0.2, 0.25) is 0 Å². The molecule has 0 bridgehead atoms. The lowest BCUT2D eigenvalue weighted by Crippen LogP contribution is -1.96. The standard InChI is InChI=1S/C29H20N6OS/c1-2-5-18(6-3-1)17-36-21-11-19(14-30-16-21)20-12-23-27(34-35-29(23)32-15-20)25-13-22-24(33-25)8-9-31-28(22)26-7-4-10-37-26/h1-16,33H,17H2,(H,32,34,35). The van der Waals surface area contributed by atoms with Gasteiger partial charge in [-0.1, -0.05) is 36.4 Å². The summed E-state index contributed by atoms with van der Waals surface area (Å²) in [6, 6.07) is 22.4. The van der Waals surface area contributed by atoms with Crippen LogP contribution in [0, 0.1) is 0 Å². The Labute approximate surface area is 215 Å². The minimum Gasteiger partial charge on any atom is -0.487 e. The maximum Gasteiger partial charge on any atom is 0.155 e. The van der Waals surface area contributed by atoms with E-state index in [1.165, 1.54) is 0 Å². The lowest BCUT2D eigenvalue weighted by molar-refractivity contribution is 0.305. The monoisotopic (exact) mass is 500 g/mol. The molecule has 7 aromatic rings. The van der Waals surface area contributed by atoms with E-state index in [1.54, 1.807) is 17.5 Å².